The summed E-state index contributed by atoms with van der Waals surface area (Å²) in [6.07, 6.45) is -1.24. The minimum Gasteiger partial charge on any atom is -0.493 e. The molecule has 0 aliphatic carbocycles. The van der Waals surface area contributed by atoms with E-state index in [4.69, 9.17) is 16.3 Å². The van der Waals surface area contributed by atoms with Crippen LogP contribution in [0.1, 0.15) is 37.0 Å². The van der Waals surface area contributed by atoms with E-state index in [1.165, 1.54) is 13.8 Å². The number of carboxylic acids is 2. The molecule has 0 aliphatic heterocycles. The number of carboxylic acid groups (broad SMARTS) is 2. The fraction of sp³-hybridized carbons (Fsp3) is 0.467. The Hall–Kier alpha value is -2.46. The minimum absolute atomic E-state index is 0.0453. The van der Waals surface area contributed by atoms with Gasteiger partial charge in [0, 0.05) is 16.1 Å². The van der Waals surface area contributed by atoms with Crippen LogP contribution in [0.15, 0.2) is 6.07 Å². The Balaban J connectivity index is 3.85. The number of hydrogen-bond acceptors (Lipinski definition) is 6. The standard InChI is InChI=1S/C15H17ClFNO8/c1-3-26-13-7(6(2)19)4-9(16)12(17)10(13)8(5-18(24)25)11(14(20)21)15(22)23/h4,6,8,11,19H,3,5H2,1-2H3,(H,20,21)(H,22,23)/t6-,8+/m1/s1. The number of benzene rings is 1. The Morgan fingerprint density at radius 2 is 1.92 bits per heavy atom. The molecule has 0 saturated heterocycles. The second kappa shape index (κ2) is 8.77. The van der Waals surface area contributed by atoms with Crippen molar-refractivity contribution in [3.05, 3.63) is 38.1 Å². The Morgan fingerprint density at radius 3 is 2.31 bits per heavy atom. The summed E-state index contributed by atoms with van der Waals surface area (Å²) < 4.78 is 20.0. The maximum atomic E-state index is 14.7. The van der Waals surface area contributed by atoms with Crippen LogP contribution < -0.4 is 4.74 Å². The highest BCUT2D eigenvalue weighted by Gasteiger charge is 2.43. The fourth-order valence-corrected chi connectivity index (χ4v) is 2.79. The zero-order valence-electron chi connectivity index (χ0n) is 13.8. The number of rotatable bonds is 9. The fourth-order valence-electron chi connectivity index (χ4n) is 2.57. The summed E-state index contributed by atoms with van der Waals surface area (Å²) in [5.41, 5.74) is -0.710. The van der Waals surface area contributed by atoms with Gasteiger partial charge in [-0.1, -0.05) is 11.6 Å². The van der Waals surface area contributed by atoms with E-state index in [2.05, 4.69) is 0 Å². The molecule has 11 heteroatoms. The lowest BCUT2D eigenvalue weighted by atomic mass is 9.83. The number of aliphatic hydroxyl groups is 1. The monoisotopic (exact) mass is 393 g/mol. The topological polar surface area (TPSA) is 147 Å². The Labute approximate surface area is 152 Å². The molecule has 9 nitrogen and oxygen atoms in total. The molecule has 0 aromatic heterocycles. The van der Waals surface area contributed by atoms with E-state index in [1.54, 1.807) is 0 Å². The molecule has 0 spiro atoms. The summed E-state index contributed by atoms with van der Waals surface area (Å²) in [4.78, 5) is 32.8. The van der Waals surface area contributed by atoms with Gasteiger partial charge in [-0.05, 0) is 19.9 Å². The van der Waals surface area contributed by atoms with E-state index < -0.39 is 57.7 Å². The molecule has 0 amide bonds. The summed E-state index contributed by atoms with van der Waals surface area (Å²) in [6, 6.07) is 1.04. The van der Waals surface area contributed by atoms with Gasteiger partial charge in [-0.3, -0.25) is 19.7 Å². The van der Waals surface area contributed by atoms with E-state index >= 15 is 0 Å². The predicted molar refractivity (Wildman–Crippen MR) is 86.6 cm³/mol. The number of aliphatic hydroxyl groups excluding tert-OH is 1. The zero-order valence-corrected chi connectivity index (χ0v) is 14.6. The number of hydrogen-bond donors (Lipinski definition) is 3. The van der Waals surface area contributed by atoms with Gasteiger partial charge >= 0.3 is 11.9 Å². The van der Waals surface area contributed by atoms with Crippen molar-refractivity contribution in [3.63, 3.8) is 0 Å². The molecule has 0 saturated carbocycles. The first-order valence-electron chi connectivity index (χ1n) is 7.42. The van der Waals surface area contributed by atoms with Gasteiger partial charge in [-0.25, -0.2) is 4.39 Å². The third-order valence-electron chi connectivity index (χ3n) is 3.62. The summed E-state index contributed by atoms with van der Waals surface area (Å²) >= 11 is 5.77. The molecule has 0 radical (unpaired) electrons. The lowest BCUT2D eigenvalue weighted by molar-refractivity contribution is -0.484. The SMILES string of the molecule is CCOc1c([C@@H](C)O)cc(Cl)c(F)c1[C@H](C[N+](=O)[O-])C(C(=O)O)C(=O)O. The second-order valence-electron chi connectivity index (χ2n) is 5.39. The van der Waals surface area contributed by atoms with Gasteiger partial charge in [-0.2, -0.15) is 0 Å². The van der Waals surface area contributed by atoms with Gasteiger partial charge in [0.15, 0.2) is 5.92 Å². The van der Waals surface area contributed by atoms with Crippen molar-refractivity contribution in [2.24, 2.45) is 5.92 Å². The average Bonchev–Trinajstić information content (AvgIpc) is 2.49. The number of ether oxygens (including phenoxy) is 1. The molecule has 3 N–H and O–H groups in total. The highest BCUT2D eigenvalue weighted by atomic mass is 35.5. The van der Waals surface area contributed by atoms with Crippen molar-refractivity contribution in [1.82, 2.24) is 0 Å². The first-order valence-corrected chi connectivity index (χ1v) is 7.80. The number of halogens is 2. The van der Waals surface area contributed by atoms with Crippen LogP contribution in [0.5, 0.6) is 5.75 Å². The molecule has 1 rings (SSSR count). The quantitative estimate of drug-likeness (QED) is 0.328. The maximum absolute atomic E-state index is 14.7. The summed E-state index contributed by atoms with van der Waals surface area (Å²) in [6.45, 7) is 1.56. The van der Waals surface area contributed by atoms with Crippen molar-refractivity contribution in [3.8, 4) is 5.75 Å². The normalized spacial score (nSPS) is 13.3. The number of nitrogens with zero attached hydrogens (tertiary/aromatic N) is 1. The summed E-state index contributed by atoms with van der Waals surface area (Å²) in [5, 5.41) is 38.7. The van der Waals surface area contributed by atoms with E-state index in [0.29, 0.717) is 0 Å². The molecule has 0 unspecified atom stereocenters. The smallest absolute Gasteiger partial charge is 0.318 e. The van der Waals surface area contributed by atoms with Crippen LogP contribution in [0.4, 0.5) is 4.39 Å². The van der Waals surface area contributed by atoms with Crippen molar-refractivity contribution in [2.45, 2.75) is 25.9 Å². The molecule has 0 fully saturated rings. The molecule has 1 aromatic carbocycles. The van der Waals surface area contributed by atoms with Gasteiger partial charge in [0.25, 0.3) is 0 Å². The molecule has 144 valence electrons. The molecule has 26 heavy (non-hydrogen) atoms. The molecule has 2 atom stereocenters. The Bertz CT molecular complexity index is 710. The zero-order chi connectivity index (χ0) is 20.2. The lowest BCUT2D eigenvalue weighted by Gasteiger charge is -2.24. The van der Waals surface area contributed by atoms with Crippen LogP contribution >= 0.6 is 11.6 Å². The number of carbonyl (C=O) groups is 2. The van der Waals surface area contributed by atoms with Crippen LogP contribution in [0.25, 0.3) is 0 Å². The minimum atomic E-state index is -2.32. The lowest BCUT2D eigenvalue weighted by Crippen LogP contribution is -2.34. The summed E-state index contributed by atoms with van der Waals surface area (Å²) in [7, 11) is 0. The van der Waals surface area contributed by atoms with E-state index in [9.17, 15) is 39.4 Å². The summed E-state index contributed by atoms with van der Waals surface area (Å²) in [5.74, 6) is -9.61. The van der Waals surface area contributed by atoms with E-state index in [-0.39, 0.29) is 17.9 Å². The van der Waals surface area contributed by atoms with Gasteiger partial charge in [0.05, 0.1) is 23.7 Å². The van der Waals surface area contributed by atoms with Crippen LogP contribution in [-0.2, 0) is 9.59 Å². The number of aliphatic carboxylic acids is 2. The highest BCUT2D eigenvalue weighted by Crippen LogP contribution is 2.42. The maximum Gasteiger partial charge on any atom is 0.318 e. The van der Waals surface area contributed by atoms with Crippen LogP contribution in [0, 0.1) is 21.8 Å². The average molecular weight is 394 g/mol. The first-order chi connectivity index (χ1) is 12.0. The van der Waals surface area contributed by atoms with Crippen molar-refractivity contribution in [2.75, 3.05) is 13.2 Å². The predicted octanol–water partition coefficient (Wildman–Crippen LogP) is 2.08. The van der Waals surface area contributed by atoms with Gasteiger partial charge in [0.2, 0.25) is 6.54 Å². The molecule has 0 bridgehead atoms. The molecule has 0 aliphatic rings. The van der Waals surface area contributed by atoms with Crippen molar-refractivity contribution >= 4 is 23.5 Å². The Morgan fingerprint density at radius 1 is 1.38 bits per heavy atom. The van der Waals surface area contributed by atoms with Crippen LogP contribution in [0.3, 0.4) is 0 Å². The van der Waals surface area contributed by atoms with Crippen molar-refractivity contribution in [1.29, 1.82) is 0 Å². The van der Waals surface area contributed by atoms with Gasteiger partial charge < -0.3 is 20.1 Å². The largest absolute Gasteiger partial charge is 0.493 e. The second-order valence-corrected chi connectivity index (χ2v) is 5.80. The molecule has 1 aromatic rings. The molecular weight excluding hydrogens is 377 g/mol. The van der Waals surface area contributed by atoms with Crippen LogP contribution in [0.2, 0.25) is 5.02 Å². The van der Waals surface area contributed by atoms with Gasteiger partial charge in [-0.15, -0.1) is 0 Å². The Kier molecular flexibility index (Phi) is 7.28. The third-order valence-corrected chi connectivity index (χ3v) is 3.90. The van der Waals surface area contributed by atoms with Crippen molar-refractivity contribution < 1.29 is 39.0 Å². The molecular formula is C15H17ClFNO8. The van der Waals surface area contributed by atoms with Crippen LogP contribution in [-0.4, -0.2) is 45.3 Å². The number of nitro groups is 1. The van der Waals surface area contributed by atoms with E-state index in [0.717, 1.165) is 6.07 Å². The van der Waals surface area contributed by atoms with E-state index in [1.807, 2.05) is 0 Å². The van der Waals surface area contributed by atoms with Gasteiger partial charge in [0.1, 0.15) is 11.6 Å². The molecule has 0 heterocycles. The highest BCUT2D eigenvalue weighted by molar-refractivity contribution is 6.31. The third kappa shape index (κ3) is 4.58. The first kappa shape index (κ1) is 21.6.